The number of aromatic amines is 1. The maximum absolute atomic E-state index is 11.6. The molecule has 0 amide bonds. The monoisotopic (exact) mass is 193 g/mol. The molecule has 0 aliphatic rings. The second-order valence-corrected chi connectivity index (χ2v) is 4.53. The van der Waals surface area contributed by atoms with Crippen molar-refractivity contribution in [1.29, 1.82) is 0 Å². The van der Waals surface area contributed by atoms with Crippen molar-refractivity contribution >= 4 is 21.6 Å². The zero-order valence-electron chi connectivity index (χ0n) is 7.89. The van der Waals surface area contributed by atoms with E-state index in [4.69, 9.17) is 0 Å². The first kappa shape index (κ1) is 8.51. The molecular formula is C10H11NOS. The van der Waals surface area contributed by atoms with Gasteiger partial charge in [0.15, 0.2) is 5.43 Å². The molecule has 13 heavy (non-hydrogen) atoms. The van der Waals surface area contributed by atoms with Crippen molar-refractivity contribution in [2.45, 2.75) is 20.8 Å². The van der Waals surface area contributed by atoms with Crippen LogP contribution in [-0.4, -0.2) is 4.98 Å². The third kappa shape index (κ3) is 1.20. The summed E-state index contributed by atoms with van der Waals surface area (Å²) in [5.74, 6) is 0. The van der Waals surface area contributed by atoms with Crippen molar-refractivity contribution in [3.8, 4) is 0 Å². The Hall–Kier alpha value is -1.09. The fourth-order valence-corrected chi connectivity index (χ4v) is 2.47. The molecule has 2 aromatic rings. The van der Waals surface area contributed by atoms with E-state index in [-0.39, 0.29) is 5.43 Å². The van der Waals surface area contributed by atoms with Crippen LogP contribution in [0.3, 0.4) is 0 Å². The summed E-state index contributed by atoms with van der Waals surface area (Å²) in [6.45, 7) is 6.00. The van der Waals surface area contributed by atoms with Crippen LogP contribution < -0.4 is 5.43 Å². The number of H-pyrrole nitrogens is 1. The number of pyridine rings is 1. The summed E-state index contributed by atoms with van der Waals surface area (Å²) in [4.78, 5) is 16.0. The Bertz CT molecular complexity index is 521. The van der Waals surface area contributed by atoms with Gasteiger partial charge in [0.2, 0.25) is 0 Å². The Morgan fingerprint density at radius 3 is 2.69 bits per heavy atom. The van der Waals surface area contributed by atoms with Gasteiger partial charge in [-0.2, -0.15) is 0 Å². The highest BCUT2D eigenvalue weighted by Crippen LogP contribution is 2.25. The minimum atomic E-state index is 0.132. The lowest BCUT2D eigenvalue weighted by Gasteiger charge is -1.95. The lowest BCUT2D eigenvalue weighted by Crippen LogP contribution is -2.00. The molecule has 0 unspecified atom stereocenters. The van der Waals surface area contributed by atoms with Gasteiger partial charge in [0.25, 0.3) is 0 Å². The zero-order chi connectivity index (χ0) is 9.59. The summed E-state index contributed by atoms with van der Waals surface area (Å²) >= 11 is 1.57. The first-order chi connectivity index (χ1) is 6.09. The molecule has 2 heterocycles. The van der Waals surface area contributed by atoms with Gasteiger partial charge in [-0.3, -0.25) is 4.79 Å². The van der Waals surface area contributed by atoms with Gasteiger partial charge in [-0.15, -0.1) is 11.3 Å². The average Bonchev–Trinajstić information content (AvgIpc) is 2.32. The highest BCUT2D eigenvalue weighted by Gasteiger charge is 2.07. The van der Waals surface area contributed by atoms with E-state index in [9.17, 15) is 4.79 Å². The molecule has 2 rings (SSSR count). The summed E-state index contributed by atoms with van der Waals surface area (Å²) in [6, 6.07) is 1.65. The van der Waals surface area contributed by atoms with Gasteiger partial charge in [0.1, 0.15) is 0 Å². The molecule has 3 heteroatoms. The van der Waals surface area contributed by atoms with Crippen molar-refractivity contribution in [2.75, 3.05) is 0 Å². The van der Waals surface area contributed by atoms with Crippen LogP contribution >= 0.6 is 11.3 Å². The molecule has 0 aliphatic carbocycles. The number of nitrogens with one attached hydrogen (secondary N) is 1. The van der Waals surface area contributed by atoms with Crippen LogP contribution in [0, 0.1) is 20.8 Å². The molecule has 0 radical (unpaired) electrons. The van der Waals surface area contributed by atoms with Gasteiger partial charge < -0.3 is 4.98 Å². The van der Waals surface area contributed by atoms with E-state index in [2.05, 4.69) is 4.98 Å². The predicted octanol–water partition coefficient (Wildman–Crippen LogP) is 2.51. The molecule has 2 aromatic heterocycles. The van der Waals surface area contributed by atoms with Crippen molar-refractivity contribution < 1.29 is 0 Å². The number of fused-ring (bicyclic) bond motifs is 1. The van der Waals surface area contributed by atoms with E-state index in [0.29, 0.717) is 0 Å². The van der Waals surface area contributed by atoms with E-state index < -0.39 is 0 Å². The smallest absolute Gasteiger partial charge is 0.199 e. The lowest BCUT2D eigenvalue weighted by molar-refractivity contribution is 1.23. The first-order valence-corrected chi connectivity index (χ1v) is 5.01. The van der Waals surface area contributed by atoms with Gasteiger partial charge in [0, 0.05) is 16.6 Å². The van der Waals surface area contributed by atoms with Gasteiger partial charge in [-0.25, -0.2) is 0 Å². The van der Waals surface area contributed by atoms with Crippen LogP contribution in [-0.2, 0) is 0 Å². The normalized spacial score (nSPS) is 11.0. The van der Waals surface area contributed by atoms with Gasteiger partial charge in [0.05, 0.1) is 10.2 Å². The maximum Gasteiger partial charge on any atom is 0.199 e. The highest BCUT2D eigenvalue weighted by atomic mass is 32.1. The zero-order valence-corrected chi connectivity index (χ0v) is 8.71. The van der Waals surface area contributed by atoms with Crippen molar-refractivity contribution in [3.05, 3.63) is 32.4 Å². The highest BCUT2D eigenvalue weighted by molar-refractivity contribution is 7.19. The first-order valence-electron chi connectivity index (χ1n) is 4.19. The maximum atomic E-state index is 11.6. The van der Waals surface area contributed by atoms with Crippen LogP contribution in [0.5, 0.6) is 0 Å². The number of hydrogen-bond donors (Lipinski definition) is 1. The van der Waals surface area contributed by atoms with Crippen LogP contribution in [0.4, 0.5) is 0 Å². The van der Waals surface area contributed by atoms with Crippen LogP contribution in [0.25, 0.3) is 10.2 Å². The number of aryl methyl sites for hydroxylation is 3. The standard InChI is InChI=1S/C10H11NOS/c1-5-4-8(12)10-9(11-5)6(2)7(3)13-10/h4H,1-3H3,(H,11,12). The number of rotatable bonds is 0. The van der Waals surface area contributed by atoms with Crippen molar-refractivity contribution in [2.24, 2.45) is 0 Å². The van der Waals surface area contributed by atoms with E-state index in [1.807, 2.05) is 20.8 Å². The summed E-state index contributed by atoms with van der Waals surface area (Å²) < 4.78 is 0.848. The minimum absolute atomic E-state index is 0.132. The third-order valence-electron chi connectivity index (χ3n) is 2.28. The summed E-state index contributed by atoms with van der Waals surface area (Å²) in [5.41, 5.74) is 3.26. The SMILES string of the molecule is Cc1cc(=O)c2sc(C)c(C)c2[nH]1. The van der Waals surface area contributed by atoms with E-state index >= 15 is 0 Å². The minimum Gasteiger partial charge on any atom is -0.358 e. The molecule has 0 saturated carbocycles. The molecule has 2 nitrogen and oxygen atoms in total. The number of thiophene rings is 1. The van der Waals surface area contributed by atoms with Gasteiger partial charge >= 0.3 is 0 Å². The quantitative estimate of drug-likeness (QED) is 0.685. The fraction of sp³-hybridized carbons (Fsp3) is 0.300. The molecule has 0 aliphatic heterocycles. The van der Waals surface area contributed by atoms with Crippen LogP contribution in [0.1, 0.15) is 16.1 Å². The van der Waals surface area contributed by atoms with Crippen LogP contribution in [0.15, 0.2) is 10.9 Å². The molecule has 0 bridgehead atoms. The largest absolute Gasteiger partial charge is 0.358 e. The van der Waals surface area contributed by atoms with Gasteiger partial charge in [-0.05, 0) is 26.3 Å². The molecule has 0 spiro atoms. The molecule has 0 aromatic carbocycles. The Morgan fingerprint density at radius 2 is 2.00 bits per heavy atom. The molecule has 1 N–H and O–H groups in total. The molecule has 0 atom stereocenters. The fourth-order valence-electron chi connectivity index (χ4n) is 1.45. The number of aromatic nitrogens is 1. The Morgan fingerprint density at radius 1 is 1.31 bits per heavy atom. The molecule has 68 valence electrons. The van der Waals surface area contributed by atoms with Crippen LogP contribution in [0.2, 0.25) is 0 Å². The summed E-state index contributed by atoms with van der Waals surface area (Å²) in [5, 5.41) is 0. The summed E-state index contributed by atoms with van der Waals surface area (Å²) in [6.07, 6.45) is 0. The molecule has 0 saturated heterocycles. The third-order valence-corrected chi connectivity index (χ3v) is 3.50. The van der Waals surface area contributed by atoms with E-state index in [1.54, 1.807) is 17.4 Å². The Balaban J connectivity index is 3.03. The van der Waals surface area contributed by atoms with Crippen molar-refractivity contribution in [3.63, 3.8) is 0 Å². The predicted molar refractivity (Wildman–Crippen MR) is 56.7 cm³/mol. The molecular weight excluding hydrogens is 182 g/mol. The topological polar surface area (TPSA) is 32.9 Å². The van der Waals surface area contributed by atoms with E-state index in [1.165, 1.54) is 10.4 Å². The average molecular weight is 193 g/mol. The Labute approximate surface area is 80.2 Å². The van der Waals surface area contributed by atoms with E-state index in [0.717, 1.165) is 15.9 Å². The van der Waals surface area contributed by atoms with Crippen molar-refractivity contribution in [1.82, 2.24) is 4.98 Å². The lowest BCUT2D eigenvalue weighted by atomic mass is 10.2. The number of hydrogen-bond acceptors (Lipinski definition) is 2. The second-order valence-electron chi connectivity index (χ2n) is 3.30. The van der Waals surface area contributed by atoms with Gasteiger partial charge in [-0.1, -0.05) is 0 Å². The Kier molecular flexibility index (Phi) is 1.77. The second kappa shape index (κ2) is 2.70. The summed E-state index contributed by atoms with van der Waals surface area (Å²) in [7, 11) is 0. The molecule has 0 fully saturated rings.